The Morgan fingerprint density at radius 2 is 1.77 bits per heavy atom. The number of nitrogens with zero attached hydrogens (tertiary/aromatic N) is 1. The summed E-state index contributed by atoms with van der Waals surface area (Å²) in [5, 5.41) is 13.6. The lowest BCUT2D eigenvalue weighted by Gasteiger charge is -2.11. The molecule has 0 aromatic heterocycles. The van der Waals surface area contributed by atoms with E-state index < -0.39 is 22.7 Å². The van der Waals surface area contributed by atoms with Gasteiger partial charge in [0.2, 0.25) is 0 Å². The summed E-state index contributed by atoms with van der Waals surface area (Å²) in [4.78, 5) is 12.1. The highest BCUT2D eigenvalue weighted by Crippen LogP contribution is 2.36. The molecule has 4 N–H and O–H groups in total. The fourth-order valence-corrected chi connectivity index (χ4v) is 2.13. The van der Waals surface area contributed by atoms with E-state index in [1.807, 2.05) is 0 Å². The van der Waals surface area contributed by atoms with Crippen LogP contribution in [-0.4, -0.2) is 5.91 Å². The van der Waals surface area contributed by atoms with E-state index in [0.717, 1.165) is 18.3 Å². The van der Waals surface area contributed by atoms with Crippen LogP contribution in [0.1, 0.15) is 5.56 Å². The summed E-state index contributed by atoms with van der Waals surface area (Å²) in [6.07, 6.45) is -3.61. The first kappa shape index (κ1) is 19.1. The van der Waals surface area contributed by atoms with Gasteiger partial charge in [0.25, 0.3) is 5.91 Å². The van der Waals surface area contributed by atoms with Gasteiger partial charge in [-0.25, -0.2) is 0 Å². The quantitative estimate of drug-likeness (QED) is 0.416. The third-order valence-corrected chi connectivity index (χ3v) is 3.52. The number of nitriles is 1. The molecule has 0 aliphatic heterocycles. The molecule has 0 unspecified atom stereocenters. The van der Waals surface area contributed by atoms with Gasteiger partial charge in [-0.3, -0.25) is 4.79 Å². The molecule has 0 bridgehead atoms. The van der Waals surface area contributed by atoms with Gasteiger partial charge in [-0.05, 0) is 42.5 Å². The lowest BCUT2D eigenvalue weighted by molar-refractivity contribution is -0.137. The van der Waals surface area contributed by atoms with Gasteiger partial charge in [-0.15, -0.1) is 0 Å². The average Bonchev–Trinajstić information content (AvgIpc) is 2.58. The van der Waals surface area contributed by atoms with Crippen LogP contribution in [0.2, 0.25) is 5.02 Å². The summed E-state index contributed by atoms with van der Waals surface area (Å²) < 4.78 is 38.5. The second-order valence-corrected chi connectivity index (χ2v) is 5.49. The van der Waals surface area contributed by atoms with E-state index in [9.17, 15) is 18.0 Å². The zero-order chi connectivity index (χ0) is 19.3. The van der Waals surface area contributed by atoms with E-state index in [0.29, 0.717) is 11.4 Å². The Morgan fingerprint density at radius 3 is 2.35 bits per heavy atom. The first-order chi connectivity index (χ1) is 12.2. The molecule has 0 radical (unpaired) electrons. The van der Waals surface area contributed by atoms with Crippen LogP contribution in [0.15, 0.2) is 54.2 Å². The molecule has 0 aliphatic carbocycles. The van der Waals surface area contributed by atoms with Gasteiger partial charge >= 0.3 is 6.18 Å². The summed E-state index contributed by atoms with van der Waals surface area (Å²) in [5.41, 5.74) is 5.12. The maximum Gasteiger partial charge on any atom is 0.417 e. The highest BCUT2D eigenvalue weighted by Gasteiger charge is 2.33. The van der Waals surface area contributed by atoms with Crippen molar-refractivity contribution in [2.45, 2.75) is 6.18 Å². The maximum atomic E-state index is 12.8. The number of carbonyl (C=O) groups excluding carboxylic acids is 1. The largest absolute Gasteiger partial charge is 0.417 e. The molecule has 5 nitrogen and oxygen atoms in total. The molecule has 0 heterocycles. The Hall–Kier alpha value is -3.18. The van der Waals surface area contributed by atoms with Gasteiger partial charge in [-0.1, -0.05) is 11.6 Å². The minimum atomic E-state index is -4.62. The molecule has 0 saturated heterocycles. The van der Waals surface area contributed by atoms with Crippen LogP contribution in [-0.2, 0) is 11.0 Å². The molecule has 0 aliphatic rings. The molecule has 2 aromatic rings. The smallest absolute Gasteiger partial charge is 0.399 e. The maximum absolute atomic E-state index is 12.8. The molecule has 0 saturated carbocycles. The average molecular weight is 381 g/mol. The number of alkyl halides is 3. The number of hydrogen-bond acceptors (Lipinski definition) is 4. The van der Waals surface area contributed by atoms with Crippen LogP contribution in [0.3, 0.4) is 0 Å². The van der Waals surface area contributed by atoms with Gasteiger partial charge < -0.3 is 16.4 Å². The molecule has 9 heteroatoms. The number of benzene rings is 2. The van der Waals surface area contributed by atoms with Crippen molar-refractivity contribution in [3.8, 4) is 6.07 Å². The number of hydrogen-bond donors (Lipinski definition) is 3. The number of amides is 1. The zero-order valence-electron chi connectivity index (χ0n) is 13.1. The zero-order valence-corrected chi connectivity index (χ0v) is 13.8. The topological polar surface area (TPSA) is 90.9 Å². The summed E-state index contributed by atoms with van der Waals surface area (Å²) in [6.45, 7) is 0. The van der Waals surface area contributed by atoms with Crippen molar-refractivity contribution in [2.24, 2.45) is 0 Å². The van der Waals surface area contributed by atoms with Crippen molar-refractivity contribution >= 4 is 34.6 Å². The fraction of sp³-hybridized carbons (Fsp3) is 0.0588. The highest BCUT2D eigenvalue weighted by atomic mass is 35.5. The van der Waals surface area contributed by atoms with Gasteiger partial charge in [0, 0.05) is 23.3 Å². The SMILES string of the molecule is N#C/C(=C/Nc1ccc(Cl)c(C(F)(F)F)c1)C(=O)Nc1ccc(N)cc1. The Labute approximate surface area is 151 Å². The van der Waals surface area contributed by atoms with E-state index in [-0.39, 0.29) is 11.3 Å². The van der Waals surface area contributed by atoms with E-state index in [1.165, 1.54) is 6.07 Å². The van der Waals surface area contributed by atoms with Gasteiger partial charge in [-0.2, -0.15) is 18.4 Å². The summed E-state index contributed by atoms with van der Waals surface area (Å²) in [5.74, 6) is -0.727. The minimum absolute atomic E-state index is 0.0229. The Balaban J connectivity index is 2.15. The van der Waals surface area contributed by atoms with Gasteiger partial charge in [0.05, 0.1) is 10.6 Å². The highest BCUT2D eigenvalue weighted by molar-refractivity contribution is 6.31. The first-order valence-corrected chi connectivity index (χ1v) is 7.49. The molecular formula is C17H12ClF3N4O. The number of rotatable bonds is 4. The summed E-state index contributed by atoms with van der Waals surface area (Å²) in [7, 11) is 0. The molecular weight excluding hydrogens is 369 g/mol. The molecule has 0 atom stereocenters. The van der Waals surface area contributed by atoms with Crippen LogP contribution in [0.25, 0.3) is 0 Å². The van der Waals surface area contributed by atoms with Crippen LogP contribution in [0.5, 0.6) is 0 Å². The van der Waals surface area contributed by atoms with Crippen LogP contribution < -0.4 is 16.4 Å². The van der Waals surface area contributed by atoms with Crippen molar-refractivity contribution < 1.29 is 18.0 Å². The van der Waals surface area contributed by atoms with Gasteiger partial charge in [0.1, 0.15) is 11.6 Å². The molecule has 0 spiro atoms. The molecule has 2 aromatic carbocycles. The third kappa shape index (κ3) is 4.91. The minimum Gasteiger partial charge on any atom is -0.399 e. The molecule has 2 rings (SSSR count). The van der Waals surface area contributed by atoms with E-state index >= 15 is 0 Å². The fourth-order valence-electron chi connectivity index (χ4n) is 1.90. The summed E-state index contributed by atoms with van der Waals surface area (Å²) >= 11 is 5.53. The lowest BCUT2D eigenvalue weighted by atomic mass is 10.2. The number of nitrogen functional groups attached to an aromatic ring is 1. The Kier molecular flexibility index (Phi) is 5.75. The van der Waals surface area contributed by atoms with Crippen molar-refractivity contribution in [3.63, 3.8) is 0 Å². The van der Waals surface area contributed by atoms with Crippen molar-refractivity contribution in [2.75, 3.05) is 16.4 Å². The van der Waals surface area contributed by atoms with Crippen molar-refractivity contribution in [3.05, 3.63) is 64.8 Å². The first-order valence-electron chi connectivity index (χ1n) is 7.11. The number of nitrogens with one attached hydrogen (secondary N) is 2. The van der Waals surface area contributed by atoms with E-state index in [4.69, 9.17) is 22.6 Å². The predicted octanol–water partition coefficient (Wildman–Crippen LogP) is 4.40. The van der Waals surface area contributed by atoms with Crippen molar-refractivity contribution in [1.82, 2.24) is 0 Å². The Bertz CT molecular complexity index is 886. The predicted molar refractivity (Wildman–Crippen MR) is 93.3 cm³/mol. The third-order valence-electron chi connectivity index (χ3n) is 3.19. The van der Waals surface area contributed by atoms with Gasteiger partial charge in [0.15, 0.2) is 0 Å². The molecule has 134 valence electrons. The van der Waals surface area contributed by atoms with Crippen molar-refractivity contribution in [1.29, 1.82) is 5.26 Å². The monoisotopic (exact) mass is 380 g/mol. The van der Waals surface area contributed by atoms with Crippen LogP contribution in [0.4, 0.5) is 30.2 Å². The summed E-state index contributed by atoms with van der Waals surface area (Å²) in [6, 6.07) is 11.0. The second kappa shape index (κ2) is 7.80. The Morgan fingerprint density at radius 1 is 1.15 bits per heavy atom. The van der Waals surface area contributed by atoms with E-state index in [2.05, 4.69) is 10.6 Å². The number of nitrogens with two attached hydrogens (primary N) is 1. The number of halogens is 4. The van der Waals surface area contributed by atoms with Crippen LogP contribution in [0, 0.1) is 11.3 Å². The molecule has 0 fully saturated rings. The lowest BCUT2D eigenvalue weighted by Crippen LogP contribution is -2.14. The van der Waals surface area contributed by atoms with E-state index in [1.54, 1.807) is 30.3 Å². The standard InChI is InChI=1S/C17H12ClF3N4O/c18-15-6-5-13(7-14(15)17(19,20)21)24-9-10(8-22)16(26)25-12-3-1-11(23)2-4-12/h1-7,9,24H,23H2,(H,25,26)/b10-9-. The molecule has 26 heavy (non-hydrogen) atoms. The molecule has 1 amide bonds. The second-order valence-electron chi connectivity index (χ2n) is 5.08. The number of anilines is 3. The number of carbonyl (C=O) groups is 1. The normalized spacial score (nSPS) is 11.6. The van der Waals surface area contributed by atoms with Crippen LogP contribution >= 0.6 is 11.6 Å².